The standard InChI is InChI=1S/C19H29N3O2/c1-4-8-17(23)21-15-10-7-11-16(13(15)2)22-18(24)14-9-5-6-12-19(14,3)20/h7,10-11,14H,4-6,8-9,12,20H2,1-3H3,(H,21,23)(H,22,24). The molecule has 5 heteroatoms. The van der Waals surface area contributed by atoms with E-state index >= 15 is 0 Å². The first-order valence-electron chi connectivity index (χ1n) is 8.84. The summed E-state index contributed by atoms with van der Waals surface area (Å²) in [6, 6.07) is 5.55. The molecule has 2 amide bonds. The third kappa shape index (κ3) is 4.35. The van der Waals surface area contributed by atoms with Gasteiger partial charge in [-0.1, -0.05) is 25.8 Å². The smallest absolute Gasteiger partial charge is 0.229 e. The van der Waals surface area contributed by atoms with Gasteiger partial charge in [0.05, 0.1) is 5.92 Å². The van der Waals surface area contributed by atoms with Gasteiger partial charge in [0.1, 0.15) is 0 Å². The summed E-state index contributed by atoms with van der Waals surface area (Å²) in [5, 5.41) is 5.92. The summed E-state index contributed by atoms with van der Waals surface area (Å²) in [4.78, 5) is 24.5. The quantitative estimate of drug-likeness (QED) is 0.771. The van der Waals surface area contributed by atoms with Crippen LogP contribution in [0.3, 0.4) is 0 Å². The normalized spacial score (nSPS) is 23.6. The van der Waals surface area contributed by atoms with Crippen LogP contribution in [-0.4, -0.2) is 17.4 Å². The predicted octanol–water partition coefficient (Wildman–Crippen LogP) is 3.58. The van der Waals surface area contributed by atoms with Gasteiger partial charge in [0.2, 0.25) is 11.8 Å². The molecule has 1 aliphatic rings. The van der Waals surface area contributed by atoms with E-state index in [0.29, 0.717) is 6.42 Å². The van der Waals surface area contributed by atoms with Crippen molar-refractivity contribution in [3.63, 3.8) is 0 Å². The second-order valence-corrected chi connectivity index (χ2v) is 7.07. The Kier molecular flexibility index (Phi) is 5.99. The van der Waals surface area contributed by atoms with Crippen LogP contribution in [0.15, 0.2) is 18.2 Å². The molecule has 0 heterocycles. The highest BCUT2D eigenvalue weighted by Gasteiger charge is 2.37. The minimum absolute atomic E-state index is 0.00843. The fraction of sp³-hybridized carbons (Fsp3) is 0.579. The van der Waals surface area contributed by atoms with Crippen molar-refractivity contribution < 1.29 is 9.59 Å². The molecule has 2 atom stereocenters. The van der Waals surface area contributed by atoms with E-state index in [1.54, 1.807) is 0 Å². The van der Waals surface area contributed by atoms with Crippen LogP contribution >= 0.6 is 0 Å². The Morgan fingerprint density at radius 2 is 1.92 bits per heavy atom. The number of nitrogens with one attached hydrogen (secondary N) is 2. The number of hydrogen-bond acceptors (Lipinski definition) is 3. The Hall–Kier alpha value is -1.88. The Labute approximate surface area is 144 Å². The molecule has 132 valence electrons. The third-order valence-corrected chi connectivity index (χ3v) is 4.91. The van der Waals surface area contributed by atoms with Crippen molar-refractivity contribution in [1.82, 2.24) is 0 Å². The lowest BCUT2D eigenvalue weighted by Crippen LogP contribution is -2.51. The molecule has 1 aromatic carbocycles. The van der Waals surface area contributed by atoms with E-state index in [9.17, 15) is 9.59 Å². The van der Waals surface area contributed by atoms with E-state index in [4.69, 9.17) is 5.73 Å². The van der Waals surface area contributed by atoms with Crippen molar-refractivity contribution in [2.75, 3.05) is 10.6 Å². The molecular weight excluding hydrogens is 302 g/mol. The lowest BCUT2D eigenvalue weighted by atomic mass is 9.74. The van der Waals surface area contributed by atoms with Crippen molar-refractivity contribution in [2.45, 2.75) is 64.8 Å². The average Bonchev–Trinajstić information content (AvgIpc) is 2.51. The number of nitrogens with two attached hydrogens (primary N) is 1. The molecule has 4 N–H and O–H groups in total. The van der Waals surface area contributed by atoms with E-state index in [1.165, 1.54) is 0 Å². The molecule has 1 saturated carbocycles. The molecule has 0 radical (unpaired) electrons. The van der Waals surface area contributed by atoms with Gasteiger partial charge in [-0.25, -0.2) is 0 Å². The predicted molar refractivity (Wildman–Crippen MR) is 97.9 cm³/mol. The van der Waals surface area contributed by atoms with Gasteiger partial charge in [0, 0.05) is 23.3 Å². The van der Waals surface area contributed by atoms with Crippen LogP contribution in [0.2, 0.25) is 0 Å². The molecular formula is C19H29N3O2. The van der Waals surface area contributed by atoms with Gasteiger partial charge in [-0.05, 0) is 50.8 Å². The maximum absolute atomic E-state index is 12.7. The fourth-order valence-corrected chi connectivity index (χ4v) is 3.35. The number of hydrogen-bond donors (Lipinski definition) is 3. The Balaban J connectivity index is 2.12. The topological polar surface area (TPSA) is 84.2 Å². The fourth-order valence-electron chi connectivity index (χ4n) is 3.35. The minimum atomic E-state index is -0.455. The number of rotatable bonds is 5. The second-order valence-electron chi connectivity index (χ2n) is 7.07. The molecule has 0 spiro atoms. The summed E-state index contributed by atoms with van der Waals surface area (Å²) in [6.45, 7) is 5.83. The van der Waals surface area contributed by atoms with E-state index in [-0.39, 0.29) is 17.7 Å². The summed E-state index contributed by atoms with van der Waals surface area (Å²) in [7, 11) is 0. The summed E-state index contributed by atoms with van der Waals surface area (Å²) < 4.78 is 0. The highest BCUT2D eigenvalue weighted by molar-refractivity contribution is 5.97. The van der Waals surface area contributed by atoms with Gasteiger partial charge in [-0.15, -0.1) is 0 Å². The summed E-state index contributed by atoms with van der Waals surface area (Å²) in [5.74, 6) is -0.213. The second kappa shape index (κ2) is 7.79. The molecule has 1 aromatic rings. The largest absolute Gasteiger partial charge is 0.326 e. The maximum Gasteiger partial charge on any atom is 0.229 e. The summed E-state index contributed by atoms with van der Waals surface area (Å²) >= 11 is 0. The van der Waals surface area contributed by atoms with Gasteiger partial charge in [-0.3, -0.25) is 9.59 Å². The van der Waals surface area contributed by atoms with Crippen LogP contribution in [0.25, 0.3) is 0 Å². The number of benzene rings is 1. The first-order chi connectivity index (χ1) is 11.3. The molecule has 0 saturated heterocycles. The molecule has 0 bridgehead atoms. The summed E-state index contributed by atoms with van der Waals surface area (Å²) in [5.41, 5.74) is 8.21. The molecule has 2 rings (SSSR count). The maximum atomic E-state index is 12.7. The van der Waals surface area contributed by atoms with Crippen molar-refractivity contribution >= 4 is 23.2 Å². The van der Waals surface area contributed by atoms with E-state index in [0.717, 1.165) is 49.0 Å². The van der Waals surface area contributed by atoms with E-state index in [2.05, 4.69) is 10.6 Å². The van der Waals surface area contributed by atoms with E-state index < -0.39 is 5.54 Å². The Morgan fingerprint density at radius 1 is 1.25 bits per heavy atom. The minimum Gasteiger partial charge on any atom is -0.326 e. The molecule has 0 aromatic heterocycles. The molecule has 1 aliphatic carbocycles. The number of anilines is 2. The zero-order valence-electron chi connectivity index (χ0n) is 14.9. The Morgan fingerprint density at radius 3 is 2.54 bits per heavy atom. The van der Waals surface area contributed by atoms with Crippen molar-refractivity contribution in [2.24, 2.45) is 11.7 Å². The molecule has 24 heavy (non-hydrogen) atoms. The first kappa shape index (κ1) is 18.5. The lowest BCUT2D eigenvalue weighted by Gasteiger charge is -2.37. The highest BCUT2D eigenvalue weighted by Crippen LogP contribution is 2.33. The van der Waals surface area contributed by atoms with Crippen molar-refractivity contribution in [3.05, 3.63) is 23.8 Å². The monoisotopic (exact) mass is 331 g/mol. The summed E-state index contributed by atoms with van der Waals surface area (Å²) in [6.07, 6.45) is 5.11. The van der Waals surface area contributed by atoms with Crippen LogP contribution < -0.4 is 16.4 Å². The van der Waals surface area contributed by atoms with Gasteiger partial charge in [0.25, 0.3) is 0 Å². The first-order valence-corrected chi connectivity index (χ1v) is 8.84. The Bertz CT molecular complexity index is 611. The molecule has 2 unspecified atom stereocenters. The van der Waals surface area contributed by atoms with Gasteiger partial charge < -0.3 is 16.4 Å². The average molecular weight is 331 g/mol. The molecule has 1 fully saturated rings. The van der Waals surface area contributed by atoms with Crippen LogP contribution in [-0.2, 0) is 9.59 Å². The van der Waals surface area contributed by atoms with Crippen LogP contribution in [0.4, 0.5) is 11.4 Å². The van der Waals surface area contributed by atoms with Gasteiger partial charge in [0.15, 0.2) is 0 Å². The van der Waals surface area contributed by atoms with Crippen LogP contribution in [0.5, 0.6) is 0 Å². The van der Waals surface area contributed by atoms with Crippen LogP contribution in [0, 0.1) is 12.8 Å². The SMILES string of the molecule is CCCC(=O)Nc1cccc(NC(=O)C2CCCCC2(C)N)c1C. The lowest BCUT2D eigenvalue weighted by molar-refractivity contribution is -0.122. The molecule has 0 aliphatic heterocycles. The van der Waals surface area contributed by atoms with Crippen molar-refractivity contribution in [1.29, 1.82) is 0 Å². The number of amides is 2. The third-order valence-electron chi connectivity index (χ3n) is 4.91. The van der Waals surface area contributed by atoms with Crippen LogP contribution in [0.1, 0.15) is 57.9 Å². The zero-order chi connectivity index (χ0) is 17.7. The number of carbonyl (C=O) groups is 2. The zero-order valence-corrected chi connectivity index (χ0v) is 14.9. The van der Waals surface area contributed by atoms with E-state index in [1.807, 2.05) is 39.0 Å². The van der Waals surface area contributed by atoms with Gasteiger partial charge >= 0.3 is 0 Å². The number of carbonyl (C=O) groups excluding carboxylic acids is 2. The van der Waals surface area contributed by atoms with Crippen molar-refractivity contribution in [3.8, 4) is 0 Å². The highest BCUT2D eigenvalue weighted by atomic mass is 16.2. The molecule has 5 nitrogen and oxygen atoms in total. The van der Waals surface area contributed by atoms with Gasteiger partial charge in [-0.2, -0.15) is 0 Å².